The number of fused-ring (bicyclic) bond motifs is 1. The van der Waals surface area contributed by atoms with Crippen LogP contribution < -0.4 is 5.56 Å². The van der Waals surface area contributed by atoms with Crippen molar-refractivity contribution in [2.75, 3.05) is 0 Å². The van der Waals surface area contributed by atoms with Crippen molar-refractivity contribution >= 4 is 10.9 Å². The fraction of sp³-hybridized carbons (Fsp3) is 0.0526. The van der Waals surface area contributed by atoms with Gasteiger partial charge in [0, 0.05) is 12.4 Å². The molecular weight excluding hydrogens is 300 g/mol. The van der Waals surface area contributed by atoms with E-state index in [0.29, 0.717) is 22.3 Å². The third kappa shape index (κ3) is 3.05. The zero-order chi connectivity index (χ0) is 16.9. The van der Waals surface area contributed by atoms with Crippen molar-refractivity contribution in [1.29, 1.82) is 0 Å². The van der Waals surface area contributed by atoms with Crippen LogP contribution in [0.25, 0.3) is 22.3 Å². The Bertz CT molecular complexity index is 987. The van der Waals surface area contributed by atoms with Crippen molar-refractivity contribution in [1.82, 2.24) is 19.7 Å². The summed E-state index contributed by atoms with van der Waals surface area (Å²) < 4.78 is 1.39. The molecule has 0 saturated heterocycles. The van der Waals surface area contributed by atoms with Crippen LogP contribution in [0.15, 0.2) is 84.5 Å². The van der Waals surface area contributed by atoms with Gasteiger partial charge in [-0.1, -0.05) is 37.5 Å². The SMILES string of the molecule is C=C/C=C\C(=C)Cn1nc(-c2ccccn2)c2ncccc2c1=O. The van der Waals surface area contributed by atoms with Gasteiger partial charge < -0.3 is 0 Å². The Morgan fingerprint density at radius 1 is 1.17 bits per heavy atom. The second-order valence-corrected chi connectivity index (χ2v) is 5.18. The van der Waals surface area contributed by atoms with Crippen molar-refractivity contribution in [3.05, 3.63) is 90.0 Å². The summed E-state index contributed by atoms with van der Waals surface area (Å²) in [5.41, 5.74) is 2.34. The van der Waals surface area contributed by atoms with Crippen LogP contribution >= 0.6 is 0 Å². The van der Waals surface area contributed by atoms with Gasteiger partial charge in [0.2, 0.25) is 0 Å². The van der Waals surface area contributed by atoms with Gasteiger partial charge in [-0.25, -0.2) is 4.68 Å². The van der Waals surface area contributed by atoms with Crippen LogP contribution in [0.4, 0.5) is 0 Å². The molecule has 5 nitrogen and oxygen atoms in total. The molecule has 3 aromatic heterocycles. The van der Waals surface area contributed by atoms with Crippen molar-refractivity contribution < 1.29 is 0 Å². The summed E-state index contributed by atoms with van der Waals surface area (Å²) in [6.07, 6.45) is 8.56. The Labute approximate surface area is 139 Å². The zero-order valence-corrected chi connectivity index (χ0v) is 13.1. The molecule has 0 amide bonds. The van der Waals surface area contributed by atoms with E-state index in [-0.39, 0.29) is 12.1 Å². The minimum atomic E-state index is -0.203. The third-order valence-corrected chi connectivity index (χ3v) is 3.45. The minimum absolute atomic E-state index is 0.203. The predicted molar refractivity (Wildman–Crippen MR) is 95.5 cm³/mol. The monoisotopic (exact) mass is 316 g/mol. The molecule has 0 saturated carbocycles. The quantitative estimate of drug-likeness (QED) is 0.678. The molecule has 0 aliphatic carbocycles. The third-order valence-electron chi connectivity index (χ3n) is 3.45. The van der Waals surface area contributed by atoms with E-state index in [9.17, 15) is 4.79 Å². The molecule has 0 radical (unpaired) electrons. The zero-order valence-electron chi connectivity index (χ0n) is 13.1. The molecule has 0 aliphatic heterocycles. The Morgan fingerprint density at radius 2 is 2.00 bits per heavy atom. The molecule has 0 fully saturated rings. The number of pyridine rings is 2. The lowest BCUT2D eigenvalue weighted by Gasteiger charge is -2.10. The normalized spacial score (nSPS) is 11.0. The Hall–Kier alpha value is -3.34. The summed E-state index contributed by atoms with van der Waals surface area (Å²) in [5.74, 6) is 0. The highest BCUT2D eigenvalue weighted by molar-refractivity contribution is 5.89. The van der Waals surface area contributed by atoms with Gasteiger partial charge in [0.05, 0.1) is 17.6 Å². The van der Waals surface area contributed by atoms with Crippen LogP contribution in [0, 0.1) is 0 Å². The largest absolute Gasteiger partial charge is 0.276 e. The molecule has 5 heteroatoms. The molecule has 3 heterocycles. The topological polar surface area (TPSA) is 60.7 Å². The van der Waals surface area contributed by atoms with E-state index in [4.69, 9.17) is 0 Å². The van der Waals surface area contributed by atoms with Crippen LogP contribution in [0.3, 0.4) is 0 Å². The molecule has 0 unspecified atom stereocenters. The number of hydrogen-bond donors (Lipinski definition) is 0. The van der Waals surface area contributed by atoms with Crippen molar-refractivity contribution in [2.24, 2.45) is 0 Å². The first-order valence-corrected chi connectivity index (χ1v) is 7.45. The van der Waals surface area contributed by atoms with Crippen LogP contribution in [0.5, 0.6) is 0 Å². The molecule has 0 N–H and O–H groups in total. The van der Waals surface area contributed by atoms with Gasteiger partial charge in [-0.15, -0.1) is 0 Å². The maximum absolute atomic E-state index is 12.7. The van der Waals surface area contributed by atoms with Gasteiger partial charge in [-0.3, -0.25) is 14.8 Å². The van der Waals surface area contributed by atoms with Crippen molar-refractivity contribution in [3.8, 4) is 11.4 Å². The van der Waals surface area contributed by atoms with Crippen molar-refractivity contribution in [3.63, 3.8) is 0 Å². The van der Waals surface area contributed by atoms with Crippen LogP contribution in [0.2, 0.25) is 0 Å². The second kappa shape index (κ2) is 6.83. The summed E-state index contributed by atoms with van der Waals surface area (Å²) in [6, 6.07) is 9.04. The van der Waals surface area contributed by atoms with Crippen LogP contribution in [0.1, 0.15) is 0 Å². The first kappa shape index (κ1) is 15.6. The lowest BCUT2D eigenvalue weighted by molar-refractivity contribution is 0.650. The number of aromatic nitrogens is 4. The smallest absolute Gasteiger partial charge is 0.267 e. The molecule has 0 aromatic carbocycles. The maximum atomic E-state index is 12.7. The summed E-state index contributed by atoms with van der Waals surface area (Å²) in [7, 11) is 0. The fourth-order valence-electron chi connectivity index (χ4n) is 2.35. The summed E-state index contributed by atoms with van der Waals surface area (Å²) in [6.45, 7) is 7.85. The maximum Gasteiger partial charge on any atom is 0.276 e. The van der Waals surface area contributed by atoms with Crippen LogP contribution in [-0.2, 0) is 6.54 Å². The summed E-state index contributed by atoms with van der Waals surface area (Å²) in [4.78, 5) is 21.3. The first-order chi connectivity index (χ1) is 11.7. The average Bonchev–Trinajstić information content (AvgIpc) is 2.63. The second-order valence-electron chi connectivity index (χ2n) is 5.18. The van der Waals surface area contributed by atoms with E-state index in [1.165, 1.54) is 4.68 Å². The van der Waals surface area contributed by atoms with E-state index in [2.05, 4.69) is 28.2 Å². The highest BCUT2D eigenvalue weighted by Crippen LogP contribution is 2.20. The Morgan fingerprint density at radius 3 is 2.75 bits per heavy atom. The highest BCUT2D eigenvalue weighted by atomic mass is 16.1. The molecule has 0 aliphatic rings. The standard InChI is InChI=1S/C19H16N4O/c1-3-4-8-14(2)13-23-19(24)15-9-7-12-21-17(15)18(22-23)16-10-5-6-11-20-16/h3-12H,1-2,13H2/b8-4-. The van der Waals surface area contributed by atoms with Gasteiger partial charge in [0.15, 0.2) is 0 Å². The van der Waals surface area contributed by atoms with Gasteiger partial charge in [0.25, 0.3) is 5.56 Å². The molecule has 3 rings (SSSR count). The summed E-state index contributed by atoms with van der Waals surface area (Å²) >= 11 is 0. The lowest BCUT2D eigenvalue weighted by atomic mass is 10.2. The first-order valence-electron chi connectivity index (χ1n) is 7.45. The van der Waals surface area contributed by atoms with E-state index in [1.54, 1.807) is 42.8 Å². The van der Waals surface area contributed by atoms with Gasteiger partial charge in [-0.05, 0) is 29.8 Å². The minimum Gasteiger partial charge on any atom is -0.267 e. The van der Waals surface area contributed by atoms with Crippen LogP contribution in [-0.4, -0.2) is 19.7 Å². The highest BCUT2D eigenvalue weighted by Gasteiger charge is 2.14. The van der Waals surface area contributed by atoms with Gasteiger partial charge in [0.1, 0.15) is 11.2 Å². The number of hydrogen-bond acceptors (Lipinski definition) is 4. The molecule has 0 bridgehead atoms. The fourth-order valence-corrected chi connectivity index (χ4v) is 2.35. The molecule has 24 heavy (non-hydrogen) atoms. The molecule has 0 spiro atoms. The predicted octanol–water partition coefficient (Wildman–Crippen LogP) is 3.15. The van der Waals surface area contributed by atoms with Gasteiger partial charge >= 0.3 is 0 Å². The summed E-state index contributed by atoms with van der Waals surface area (Å²) in [5, 5.41) is 4.99. The number of rotatable bonds is 5. The Balaban J connectivity index is 2.19. The van der Waals surface area contributed by atoms with E-state index in [0.717, 1.165) is 5.57 Å². The van der Waals surface area contributed by atoms with E-state index >= 15 is 0 Å². The number of nitrogens with zero attached hydrogens (tertiary/aromatic N) is 4. The molecular formula is C19H16N4O. The van der Waals surface area contributed by atoms with E-state index in [1.807, 2.05) is 18.2 Å². The Kier molecular flexibility index (Phi) is 4.43. The van der Waals surface area contributed by atoms with Gasteiger partial charge in [-0.2, -0.15) is 5.10 Å². The number of allylic oxidation sites excluding steroid dienone is 4. The van der Waals surface area contributed by atoms with Crippen molar-refractivity contribution in [2.45, 2.75) is 6.54 Å². The lowest BCUT2D eigenvalue weighted by Crippen LogP contribution is -2.24. The molecule has 118 valence electrons. The molecule has 0 atom stereocenters. The average molecular weight is 316 g/mol. The van der Waals surface area contributed by atoms with E-state index < -0.39 is 0 Å². The molecule has 3 aromatic rings.